The molecule has 0 saturated heterocycles. The fourth-order valence-electron chi connectivity index (χ4n) is 1.44. The van der Waals surface area contributed by atoms with E-state index in [1.165, 1.54) is 0 Å². The molecule has 1 heterocycles. The average Bonchev–Trinajstić information content (AvgIpc) is 2.38. The Bertz CT molecular complexity index is 548. The molecule has 2 rings (SSSR count). The molecule has 17 heavy (non-hydrogen) atoms. The Kier molecular flexibility index (Phi) is 3.54. The minimum atomic E-state index is -0.0130. The van der Waals surface area contributed by atoms with E-state index in [2.05, 4.69) is 16.8 Å². The number of hydrogen-bond donors (Lipinski definition) is 1. The lowest BCUT2D eigenvalue weighted by molar-refractivity contribution is 0.811. The van der Waals surface area contributed by atoms with Crippen LogP contribution in [0.25, 0.3) is 0 Å². The van der Waals surface area contributed by atoms with Gasteiger partial charge in [-0.2, -0.15) is 0 Å². The van der Waals surface area contributed by atoms with Gasteiger partial charge in [0.25, 0.3) is 0 Å². The van der Waals surface area contributed by atoms with Crippen molar-refractivity contribution in [2.24, 2.45) is 5.73 Å². The number of aromatic nitrogens is 1. The third-order valence-corrected chi connectivity index (χ3v) is 2.41. The molecular weight excluding hydrogens is 208 g/mol. The molecule has 1 aromatic heterocycles. The molecule has 0 amide bonds. The van der Waals surface area contributed by atoms with Crippen molar-refractivity contribution >= 4 is 0 Å². The summed E-state index contributed by atoms with van der Waals surface area (Å²) >= 11 is 0. The van der Waals surface area contributed by atoms with Crippen LogP contribution in [0.4, 0.5) is 0 Å². The van der Waals surface area contributed by atoms with Gasteiger partial charge in [0, 0.05) is 29.6 Å². The molecular formula is C15H14N2. The molecule has 2 nitrogen and oxygen atoms in total. The lowest BCUT2D eigenvalue weighted by Gasteiger charge is -2.03. The van der Waals surface area contributed by atoms with E-state index in [4.69, 9.17) is 5.73 Å². The first-order chi connectivity index (χ1) is 8.25. The summed E-state index contributed by atoms with van der Waals surface area (Å²) in [6, 6.07) is 11.9. The van der Waals surface area contributed by atoms with Crippen molar-refractivity contribution < 1.29 is 0 Å². The summed E-state index contributed by atoms with van der Waals surface area (Å²) in [4.78, 5) is 4.14. The van der Waals surface area contributed by atoms with Crippen LogP contribution in [0, 0.1) is 11.8 Å². The molecule has 0 aliphatic rings. The number of benzene rings is 1. The zero-order valence-corrected chi connectivity index (χ0v) is 9.72. The number of nitrogens with two attached hydrogens (primary N) is 1. The molecule has 0 bridgehead atoms. The Morgan fingerprint density at radius 2 is 1.76 bits per heavy atom. The Morgan fingerprint density at radius 3 is 2.47 bits per heavy atom. The predicted molar refractivity (Wildman–Crippen MR) is 69.3 cm³/mol. The van der Waals surface area contributed by atoms with E-state index in [-0.39, 0.29) is 6.04 Å². The van der Waals surface area contributed by atoms with Crippen LogP contribution in [0.15, 0.2) is 48.8 Å². The van der Waals surface area contributed by atoms with Crippen molar-refractivity contribution in [2.45, 2.75) is 13.0 Å². The second kappa shape index (κ2) is 5.29. The van der Waals surface area contributed by atoms with Crippen molar-refractivity contribution in [3.8, 4) is 11.8 Å². The molecule has 2 aromatic rings. The number of pyridine rings is 1. The van der Waals surface area contributed by atoms with Crippen molar-refractivity contribution in [3.63, 3.8) is 0 Å². The van der Waals surface area contributed by atoms with Crippen LogP contribution in [-0.4, -0.2) is 4.98 Å². The van der Waals surface area contributed by atoms with Crippen LogP contribution in [0.1, 0.15) is 29.7 Å². The third-order valence-electron chi connectivity index (χ3n) is 2.41. The first-order valence-electron chi connectivity index (χ1n) is 5.53. The molecule has 0 fully saturated rings. The fraction of sp³-hybridized carbons (Fsp3) is 0.133. The second-order valence-corrected chi connectivity index (χ2v) is 3.91. The number of hydrogen-bond acceptors (Lipinski definition) is 2. The normalized spacial score (nSPS) is 11.4. The number of rotatable bonds is 1. The van der Waals surface area contributed by atoms with Gasteiger partial charge in [-0.1, -0.05) is 30.0 Å². The summed E-state index contributed by atoms with van der Waals surface area (Å²) in [7, 11) is 0. The Hall–Kier alpha value is -2.11. The smallest absolute Gasteiger partial charge is 0.0435 e. The third kappa shape index (κ3) is 3.17. The molecule has 0 saturated carbocycles. The van der Waals surface area contributed by atoms with E-state index >= 15 is 0 Å². The summed E-state index contributed by atoms with van der Waals surface area (Å²) in [5.41, 5.74) is 8.70. The summed E-state index contributed by atoms with van der Waals surface area (Å²) in [5, 5.41) is 0. The van der Waals surface area contributed by atoms with Gasteiger partial charge in [0.15, 0.2) is 0 Å². The molecule has 1 aromatic carbocycles. The standard InChI is InChI=1S/C15H14N2/c1-12(16)15-9-14(10-17-11-15)8-7-13-5-3-2-4-6-13/h2-6,9-12H,16H2,1H3. The van der Waals surface area contributed by atoms with Crippen LogP contribution in [0.3, 0.4) is 0 Å². The van der Waals surface area contributed by atoms with E-state index in [9.17, 15) is 0 Å². The summed E-state index contributed by atoms with van der Waals surface area (Å²) in [6.45, 7) is 1.94. The summed E-state index contributed by atoms with van der Waals surface area (Å²) in [5.74, 6) is 6.18. The largest absolute Gasteiger partial charge is 0.324 e. The van der Waals surface area contributed by atoms with Crippen molar-refractivity contribution in [1.82, 2.24) is 4.98 Å². The Labute approximate surface area is 102 Å². The minimum absolute atomic E-state index is 0.0130. The van der Waals surface area contributed by atoms with Crippen molar-refractivity contribution in [3.05, 3.63) is 65.5 Å². The highest BCUT2D eigenvalue weighted by Crippen LogP contribution is 2.09. The lowest BCUT2D eigenvalue weighted by Crippen LogP contribution is -2.05. The SMILES string of the molecule is CC(N)c1cncc(C#Cc2ccccc2)c1. The monoisotopic (exact) mass is 222 g/mol. The predicted octanol–water partition coefficient (Wildman–Crippen LogP) is 2.50. The molecule has 0 aliphatic carbocycles. The Morgan fingerprint density at radius 1 is 1.06 bits per heavy atom. The summed E-state index contributed by atoms with van der Waals surface area (Å²) < 4.78 is 0. The maximum absolute atomic E-state index is 5.80. The molecule has 0 radical (unpaired) electrons. The van der Waals surface area contributed by atoms with E-state index in [1.807, 2.05) is 43.3 Å². The molecule has 0 spiro atoms. The molecule has 0 aliphatic heterocycles. The van der Waals surface area contributed by atoms with Gasteiger partial charge in [-0.15, -0.1) is 0 Å². The second-order valence-electron chi connectivity index (χ2n) is 3.91. The molecule has 84 valence electrons. The van der Waals surface area contributed by atoms with Crippen LogP contribution < -0.4 is 5.73 Å². The lowest BCUT2D eigenvalue weighted by atomic mass is 10.1. The van der Waals surface area contributed by atoms with E-state index in [0.717, 1.165) is 16.7 Å². The molecule has 1 unspecified atom stereocenters. The van der Waals surface area contributed by atoms with E-state index < -0.39 is 0 Å². The maximum Gasteiger partial charge on any atom is 0.0435 e. The zero-order chi connectivity index (χ0) is 12.1. The molecule has 2 N–H and O–H groups in total. The number of nitrogens with zero attached hydrogens (tertiary/aromatic N) is 1. The maximum atomic E-state index is 5.80. The van der Waals surface area contributed by atoms with Gasteiger partial charge in [-0.3, -0.25) is 4.98 Å². The van der Waals surface area contributed by atoms with Gasteiger partial charge in [0.05, 0.1) is 0 Å². The highest BCUT2D eigenvalue weighted by atomic mass is 14.7. The van der Waals surface area contributed by atoms with E-state index in [0.29, 0.717) is 0 Å². The minimum Gasteiger partial charge on any atom is -0.324 e. The highest BCUT2D eigenvalue weighted by Gasteiger charge is 1.99. The fourth-order valence-corrected chi connectivity index (χ4v) is 1.44. The van der Waals surface area contributed by atoms with Crippen LogP contribution in [0.5, 0.6) is 0 Å². The van der Waals surface area contributed by atoms with Gasteiger partial charge in [-0.05, 0) is 30.7 Å². The van der Waals surface area contributed by atoms with Gasteiger partial charge in [0.2, 0.25) is 0 Å². The highest BCUT2D eigenvalue weighted by molar-refractivity contribution is 5.42. The van der Waals surface area contributed by atoms with Crippen LogP contribution in [0.2, 0.25) is 0 Å². The topological polar surface area (TPSA) is 38.9 Å². The van der Waals surface area contributed by atoms with Gasteiger partial charge < -0.3 is 5.73 Å². The molecule has 2 heteroatoms. The van der Waals surface area contributed by atoms with E-state index in [1.54, 1.807) is 12.4 Å². The van der Waals surface area contributed by atoms with Gasteiger partial charge >= 0.3 is 0 Å². The average molecular weight is 222 g/mol. The van der Waals surface area contributed by atoms with Crippen molar-refractivity contribution in [2.75, 3.05) is 0 Å². The first kappa shape index (κ1) is 11.4. The van der Waals surface area contributed by atoms with Gasteiger partial charge in [-0.25, -0.2) is 0 Å². The molecule has 1 atom stereocenters. The Balaban J connectivity index is 2.25. The van der Waals surface area contributed by atoms with Crippen LogP contribution >= 0.6 is 0 Å². The first-order valence-corrected chi connectivity index (χ1v) is 5.53. The van der Waals surface area contributed by atoms with Gasteiger partial charge in [0.1, 0.15) is 0 Å². The quantitative estimate of drug-likeness (QED) is 0.753. The zero-order valence-electron chi connectivity index (χ0n) is 9.72. The summed E-state index contributed by atoms with van der Waals surface area (Å²) in [6.07, 6.45) is 3.53. The van der Waals surface area contributed by atoms with Crippen LogP contribution in [-0.2, 0) is 0 Å². The van der Waals surface area contributed by atoms with Crippen molar-refractivity contribution in [1.29, 1.82) is 0 Å².